The maximum atomic E-state index is 13.0. The van der Waals surface area contributed by atoms with Crippen molar-refractivity contribution >= 4 is 17.3 Å². The second kappa shape index (κ2) is 9.89. The summed E-state index contributed by atoms with van der Waals surface area (Å²) in [6.45, 7) is 7.26. The highest BCUT2D eigenvalue weighted by atomic mass is 16.5. The van der Waals surface area contributed by atoms with Crippen LogP contribution >= 0.6 is 0 Å². The summed E-state index contributed by atoms with van der Waals surface area (Å²) < 4.78 is 22.5. The smallest absolute Gasteiger partial charge is 0.268 e. The van der Waals surface area contributed by atoms with Crippen LogP contribution in [0.3, 0.4) is 0 Å². The van der Waals surface area contributed by atoms with Crippen molar-refractivity contribution in [1.29, 1.82) is 0 Å². The van der Waals surface area contributed by atoms with E-state index in [9.17, 15) is 9.90 Å². The Bertz CT molecular complexity index is 950. The van der Waals surface area contributed by atoms with Gasteiger partial charge in [0, 0.05) is 43.5 Å². The third-order valence-corrected chi connectivity index (χ3v) is 5.69. The van der Waals surface area contributed by atoms with Gasteiger partial charge in [0.05, 0.1) is 25.9 Å². The van der Waals surface area contributed by atoms with Crippen molar-refractivity contribution in [2.75, 3.05) is 56.4 Å². The first-order valence-corrected chi connectivity index (χ1v) is 11.3. The number of benzene rings is 2. The van der Waals surface area contributed by atoms with Crippen LogP contribution in [0.15, 0.2) is 42.5 Å². The number of methoxy groups -OCH3 is 1. The molecule has 2 aromatic rings. The Hall–Kier alpha value is -2.97. The first kappa shape index (κ1) is 23.2. The Kier molecular flexibility index (Phi) is 6.95. The quantitative estimate of drug-likeness (QED) is 0.654. The van der Waals surface area contributed by atoms with Gasteiger partial charge in [-0.15, -0.1) is 0 Å². The second-order valence-electron chi connectivity index (χ2n) is 8.91. The van der Waals surface area contributed by atoms with Crippen LogP contribution in [0.1, 0.15) is 20.3 Å². The average molecular weight is 457 g/mol. The number of amides is 1. The summed E-state index contributed by atoms with van der Waals surface area (Å²) in [5.74, 6) is 1.62. The van der Waals surface area contributed by atoms with Crippen molar-refractivity contribution in [2.24, 2.45) is 0 Å². The van der Waals surface area contributed by atoms with Crippen molar-refractivity contribution < 1.29 is 28.8 Å². The lowest BCUT2D eigenvalue weighted by atomic mass is 10.2. The Morgan fingerprint density at radius 1 is 1.03 bits per heavy atom. The molecule has 8 heteroatoms. The SMILES string of the molecule is COc1cc(N2CCC(Oc3ccc(N4CCOCC4)cc3)C2=O)ccc1OCC(C)(C)O. The first-order chi connectivity index (χ1) is 15.8. The summed E-state index contributed by atoms with van der Waals surface area (Å²) in [7, 11) is 1.55. The lowest BCUT2D eigenvalue weighted by Gasteiger charge is -2.29. The fourth-order valence-corrected chi connectivity index (χ4v) is 3.94. The van der Waals surface area contributed by atoms with Gasteiger partial charge in [0.25, 0.3) is 5.91 Å². The number of aliphatic hydroxyl groups is 1. The van der Waals surface area contributed by atoms with Crippen LogP contribution in [-0.2, 0) is 9.53 Å². The number of anilines is 2. The molecular formula is C25H32N2O6. The number of nitrogens with zero attached hydrogens (tertiary/aromatic N) is 2. The Morgan fingerprint density at radius 3 is 2.39 bits per heavy atom. The Morgan fingerprint density at radius 2 is 1.73 bits per heavy atom. The standard InChI is InChI=1S/C25H32N2O6/c1-25(2,29)17-32-21-9-6-19(16-23(21)30-3)27-11-10-22(24(27)28)33-20-7-4-18(5-8-20)26-12-14-31-15-13-26/h4-9,16,22,29H,10-15,17H2,1-3H3. The average Bonchev–Trinajstić information content (AvgIpc) is 3.18. The minimum Gasteiger partial charge on any atom is -0.493 e. The lowest BCUT2D eigenvalue weighted by Crippen LogP contribution is -2.36. The summed E-state index contributed by atoms with van der Waals surface area (Å²) in [6, 6.07) is 13.2. The van der Waals surface area contributed by atoms with Crippen LogP contribution < -0.4 is 24.0 Å². The molecule has 1 unspecified atom stereocenters. The Labute approximate surface area is 194 Å². The predicted molar refractivity (Wildman–Crippen MR) is 126 cm³/mol. The van der Waals surface area contributed by atoms with Gasteiger partial charge in [0.2, 0.25) is 0 Å². The topological polar surface area (TPSA) is 80.7 Å². The molecule has 2 aliphatic heterocycles. The second-order valence-corrected chi connectivity index (χ2v) is 8.91. The van der Waals surface area contributed by atoms with Crippen LogP contribution in [0.25, 0.3) is 0 Å². The van der Waals surface area contributed by atoms with Gasteiger partial charge in [0.15, 0.2) is 17.6 Å². The third kappa shape index (κ3) is 5.69. The van der Waals surface area contributed by atoms with Gasteiger partial charge in [-0.3, -0.25) is 4.79 Å². The van der Waals surface area contributed by atoms with Crippen LogP contribution in [0.4, 0.5) is 11.4 Å². The monoisotopic (exact) mass is 456 g/mol. The zero-order valence-electron chi connectivity index (χ0n) is 19.5. The molecule has 2 fully saturated rings. The van der Waals surface area contributed by atoms with Crippen molar-refractivity contribution in [3.8, 4) is 17.2 Å². The highest BCUT2D eigenvalue weighted by Gasteiger charge is 2.34. The van der Waals surface area contributed by atoms with Crippen LogP contribution in [0.5, 0.6) is 17.2 Å². The van der Waals surface area contributed by atoms with Gasteiger partial charge < -0.3 is 33.9 Å². The van der Waals surface area contributed by atoms with Gasteiger partial charge in [-0.25, -0.2) is 0 Å². The van der Waals surface area contributed by atoms with Crippen molar-refractivity contribution in [3.63, 3.8) is 0 Å². The van der Waals surface area contributed by atoms with Gasteiger partial charge in [-0.1, -0.05) is 0 Å². The van der Waals surface area contributed by atoms with Crippen LogP contribution in [0, 0.1) is 0 Å². The fourth-order valence-electron chi connectivity index (χ4n) is 3.94. The normalized spacial score (nSPS) is 19.0. The summed E-state index contributed by atoms with van der Waals surface area (Å²) in [5, 5.41) is 9.90. The molecule has 8 nitrogen and oxygen atoms in total. The van der Waals surface area contributed by atoms with Crippen LogP contribution in [0.2, 0.25) is 0 Å². The molecule has 0 bridgehead atoms. The van der Waals surface area contributed by atoms with E-state index in [1.54, 1.807) is 38.0 Å². The largest absolute Gasteiger partial charge is 0.493 e. The molecule has 1 atom stereocenters. The van der Waals surface area contributed by atoms with Crippen molar-refractivity contribution in [1.82, 2.24) is 0 Å². The van der Waals surface area contributed by atoms with E-state index in [1.165, 1.54) is 0 Å². The zero-order chi connectivity index (χ0) is 23.4. The molecule has 1 amide bonds. The molecule has 2 saturated heterocycles. The molecule has 0 radical (unpaired) electrons. The minimum absolute atomic E-state index is 0.0838. The molecule has 1 N–H and O–H groups in total. The molecule has 2 aromatic carbocycles. The van der Waals surface area contributed by atoms with E-state index in [1.807, 2.05) is 30.3 Å². The van der Waals surface area contributed by atoms with Gasteiger partial charge in [-0.2, -0.15) is 0 Å². The van der Waals surface area contributed by atoms with E-state index < -0.39 is 11.7 Å². The Balaban J connectivity index is 1.39. The highest BCUT2D eigenvalue weighted by molar-refractivity contribution is 5.99. The van der Waals surface area contributed by atoms with Crippen molar-refractivity contribution in [3.05, 3.63) is 42.5 Å². The van der Waals surface area contributed by atoms with Gasteiger partial charge in [0.1, 0.15) is 12.4 Å². The third-order valence-electron chi connectivity index (χ3n) is 5.69. The summed E-state index contributed by atoms with van der Waals surface area (Å²) in [6.07, 6.45) is 0.0694. The number of ether oxygens (including phenoxy) is 4. The maximum Gasteiger partial charge on any atom is 0.268 e. The number of carbonyl (C=O) groups is 1. The first-order valence-electron chi connectivity index (χ1n) is 11.3. The van der Waals surface area contributed by atoms with E-state index in [0.29, 0.717) is 30.2 Å². The fraction of sp³-hybridized carbons (Fsp3) is 0.480. The molecule has 0 aliphatic carbocycles. The summed E-state index contributed by atoms with van der Waals surface area (Å²) in [5.41, 5.74) is 0.893. The molecular weight excluding hydrogens is 424 g/mol. The molecule has 0 saturated carbocycles. The molecule has 178 valence electrons. The molecule has 4 rings (SSSR count). The predicted octanol–water partition coefficient (Wildman–Crippen LogP) is 2.87. The number of hydrogen-bond acceptors (Lipinski definition) is 7. The maximum absolute atomic E-state index is 13.0. The lowest BCUT2D eigenvalue weighted by molar-refractivity contribution is -0.122. The molecule has 0 aromatic heterocycles. The molecule has 2 heterocycles. The number of morpholine rings is 1. The minimum atomic E-state index is -0.959. The van der Waals surface area contributed by atoms with E-state index >= 15 is 0 Å². The zero-order valence-corrected chi connectivity index (χ0v) is 19.5. The molecule has 33 heavy (non-hydrogen) atoms. The van der Waals surface area contributed by atoms with E-state index in [4.69, 9.17) is 18.9 Å². The number of hydrogen-bond donors (Lipinski definition) is 1. The molecule has 0 spiro atoms. The van der Waals surface area contributed by atoms with Crippen LogP contribution in [-0.4, -0.2) is 69.3 Å². The van der Waals surface area contributed by atoms with Gasteiger partial charge in [-0.05, 0) is 50.2 Å². The molecule has 2 aliphatic rings. The van der Waals surface area contributed by atoms with Crippen molar-refractivity contribution in [2.45, 2.75) is 32.0 Å². The number of carbonyl (C=O) groups excluding carboxylic acids is 1. The summed E-state index contributed by atoms with van der Waals surface area (Å²) >= 11 is 0. The van der Waals surface area contributed by atoms with E-state index in [-0.39, 0.29) is 12.5 Å². The van der Waals surface area contributed by atoms with E-state index in [0.717, 1.165) is 37.7 Å². The highest BCUT2D eigenvalue weighted by Crippen LogP contribution is 2.34. The summed E-state index contributed by atoms with van der Waals surface area (Å²) in [4.78, 5) is 17.0. The number of rotatable bonds is 8. The van der Waals surface area contributed by atoms with Gasteiger partial charge >= 0.3 is 0 Å². The van der Waals surface area contributed by atoms with E-state index in [2.05, 4.69) is 4.90 Å².